The van der Waals surface area contributed by atoms with Crippen molar-refractivity contribution in [2.75, 3.05) is 5.73 Å². The van der Waals surface area contributed by atoms with Crippen LogP contribution in [-0.2, 0) is 22.4 Å². The zero-order valence-corrected chi connectivity index (χ0v) is 15.6. The molecule has 0 aliphatic heterocycles. The maximum absolute atomic E-state index is 12.2. The summed E-state index contributed by atoms with van der Waals surface area (Å²) in [7, 11) is 0. The number of aldehydes is 2. The standard InChI is InChI=1S/C20H21N5O4/c21-20-24-17-16(19(29)25-20)14(10-22-17)8-5-12-3-6-13(7-4-12)18(28)23-15(11-27)2-1-9-26/h3-4,6-7,9-11,15H,1-2,5,8H2,(H,23,28)(H4,21,22,24,25,29)/t15-/m0/s1. The molecule has 1 amide bonds. The Bertz CT molecular complexity index is 1080. The van der Waals surface area contributed by atoms with Gasteiger partial charge in [0.15, 0.2) is 0 Å². The van der Waals surface area contributed by atoms with E-state index in [2.05, 4.69) is 20.3 Å². The molecule has 0 fully saturated rings. The van der Waals surface area contributed by atoms with Crippen molar-refractivity contribution >= 4 is 35.5 Å². The number of nitrogen functional groups attached to an aromatic ring is 1. The minimum Gasteiger partial charge on any atom is -0.369 e. The Morgan fingerprint density at radius 1 is 1.21 bits per heavy atom. The van der Waals surface area contributed by atoms with E-state index in [-0.39, 0.29) is 30.3 Å². The van der Waals surface area contributed by atoms with Gasteiger partial charge in [-0.25, -0.2) is 0 Å². The van der Waals surface area contributed by atoms with Gasteiger partial charge in [0.2, 0.25) is 5.95 Å². The van der Waals surface area contributed by atoms with E-state index in [9.17, 15) is 19.2 Å². The average molecular weight is 395 g/mol. The highest BCUT2D eigenvalue weighted by atomic mass is 16.2. The first-order valence-electron chi connectivity index (χ1n) is 9.16. The molecule has 29 heavy (non-hydrogen) atoms. The molecule has 0 saturated carbocycles. The summed E-state index contributed by atoms with van der Waals surface area (Å²) < 4.78 is 0. The molecular weight excluding hydrogens is 374 g/mol. The lowest BCUT2D eigenvalue weighted by Crippen LogP contribution is -2.36. The van der Waals surface area contributed by atoms with Crippen LogP contribution in [0.4, 0.5) is 5.95 Å². The molecule has 0 spiro atoms. The Morgan fingerprint density at radius 2 is 1.97 bits per heavy atom. The fourth-order valence-corrected chi connectivity index (χ4v) is 3.09. The van der Waals surface area contributed by atoms with Crippen molar-refractivity contribution in [1.29, 1.82) is 0 Å². The Kier molecular flexibility index (Phi) is 6.18. The van der Waals surface area contributed by atoms with E-state index < -0.39 is 6.04 Å². The average Bonchev–Trinajstić information content (AvgIpc) is 3.12. The van der Waals surface area contributed by atoms with Gasteiger partial charge in [0.05, 0.1) is 11.4 Å². The van der Waals surface area contributed by atoms with Crippen LogP contribution in [0.2, 0.25) is 0 Å². The first kappa shape index (κ1) is 20.0. The normalized spacial score (nSPS) is 11.9. The van der Waals surface area contributed by atoms with Crippen LogP contribution >= 0.6 is 0 Å². The number of aromatic nitrogens is 3. The molecular formula is C20H21N5O4. The first-order valence-corrected chi connectivity index (χ1v) is 9.16. The van der Waals surface area contributed by atoms with Crippen molar-refractivity contribution in [3.8, 4) is 0 Å². The van der Waals surface area contributed by atoms with E-state index in [4.69, 9.17) is 5.73 Å². The highest BCUT2D eigenvalue weighted by molar-refractivity contribution is 5.95. The number of hydrogen-bond acceptors (Lipinski definition) is 6. The Morgan fingerprint density at radius 3 is 2.66 bits per heavy atom. The summed E-state index contributed by atoms with van der Waals surface area (Å²) in [6, 6.07) is 6.32. The van der Waals surface area contributed by atoms with Crippen molar-refractivity contribution in [3.05, 3.63) is 57.5 Å². The van der Waals surface area contributed by atoms with Gasteiger partial charge in [-0.1, -0.05) is 12.1 Å². The molecule has 150 valence electrons. The molecule has 0 saturated heterocycles. The Balaban J connectivity index is 1.64. The monoisotopic (exact) mass is 395 g/mol. The van der Waals surface area contributed by atoms with Crippen LogP contribution in [0, 0.1) is 0 Å². The van der Waals surface area contributed by atoms with Gasteiger partial charge in [-0.15, -0.1) is 0 Å². The zero-order chi connectivity index (χ0) is 20.8. The molecule has 0 radical (unpaired) electrons. The summed E-state index contributed by atoms with van der Waals surface area (Å²) in [4.78, 5) is 55.3. The highest BCUT2D eigenvalue weighted by Gasteiger charge is 2.13. The number of carbonyl (C=O) groups is 3. The number of nitrogens with one attached hydrogen (secondary N) is 3. The van der Waals surface area contributed by atoms with E-state index >= 15 is 0 Å². The summed E-state index contributed by atoms with van der Waals surface area (Å²) in [5.74, 6) is -0.306. The number of nitrogens with two attached hydrogens (primary N) is 1. The predicted octanol–water partition coefficient (Wildman–Crippen LogP) is 0.895. The van der Waals surface area contributed by atoms with Crippen LogP contribution in [0.15, 0.2) is 35.3 Å². The van der Waals surface area contributed by atoms with Crippen molar-refractivity contribution in [2.24, 2.45) is 0 Å². The summed E-state index contributed by atoms with van der Waals surface area (Å²) in [5, 5.41) is 3.09. The van der Waals surface area contributed by atoms with E-state index in [0.717, 1.165) is 11.1 Å². The van der Waals surface area contributed by atoms with E-state index in [0.29, 0.717) is 42.0 Å². The third-order valence-corrected chi connectivity index (χ3v) is 4.62. The van der Waals surface area contributed by atoms with Gasteiger partial charge in [-0.2, -0.15) is 4.98 Å². The lowest BCUT2D eigenvalue weighted by molar-refractivity contribution is -0.110. The number of rotatable bonds is 9. The van der Waals surface area contributed by atoms with Crippen molar-refractivity contribution < 1.29 is 14.4 Å². The minimum absolute atomic E-state index is 0.0627. The van der Waals surface area contributed by atoms with Crippen molar-refractivity contribution in [3.63, 3.8) is 0 Å². The van der Waals surface area contributed by atoms with Crippen molar-refractivity contribution in [2.45, 2.75) is 31.7 Å². The summed E-state index contributed by atoms with van der Waals surface area (Å²) >= 11 is 0. The Labute approximate surface area is 165 Å². The predicted molar refractivity (Wildman–Crippen MR) is 108 cm³/mol. The first-order chi connectivity index (χ1) is 14.0. The summed E-state index contributed by atoms with van der Waals surface area (Å²) in [6.45, 7) is 0. The number of nitrogens with zero attached hydrogens (tertiary/aromatic N) is 1. The maximum Gasteiger partial charge on any atom is 0.262 e. The van der Waals surface area contributed by atoms with Crippen LogP contribution in [0.25, 0.3) is 11.0 Å². The Hall–Kier alpha value is -3.75. The molecule has 5 N–H and O–H groups in total. The second-order valence-electron chi connectivity index (χ2n) is 6.65. The van der Waals surface area contributed by atoms with Gasteiger partial charge in [0.1, 0.15) is 18.2 Å². The van der Waals surface area contributed by atoms with Crippen molar-refractivity contribution in [1.82, 2.24) is 20.3 Å². The molecule has 2 aromatic heterocycles. The number of anilines is 1. The van der Waals surface area contributed by atoms with Gasteiger partial charge >= 0.3 is 0 Å². The van der Waals surface area contributed by atoms with Gasteiger partial charge in [0, 0.05) is 18.2 Å². The topological polar surface area (TPSA) is 151 Å². The van der Waals surface area contributed by atoms with E-state index in [1.54, 1.807) is 18.3 Å². The number of fused-ring (bicyclic) bond motifs is 1. The quantitative estimate of drug-likeness (QED) is 0.395. The fourth-order valence-electron chi connectivity index (χ4n) is 3.09. The number of aryl methyl sites for hydroxylation is 2. The van der Waals surface area contributed by atoms with Gasteiger partial charge in [-0.3, -0.25) is 14.6 Å². The van der Waals surface area contributed by atoms with Crippen LogP contribution < -0.4 is 16.6 Å². The van der Waals surface area contributed by atoms with E-state index in [1.807, 2.05) is 12.1 Å². The second-order valence-corrected chi connectivity index (χ2v) is 6.65. The molecule has 9 nitrogen and oxygen atoms in total. The van der Waals surface area contributed by atoms with Crippen LogP contribution in [0.5, 0.6) is 0 Å². The van der Waals surface area contributed by atoms with Crippen LogP contribution in [0.3, 0.4) is 0 Å². The molecule has 0 unspecified atom stereocenters. The third-order valence-electron chi connectivity index (χ3n) is 4.62. The molecule has 9 heteroatoms. The smallest absolute Gasteiger partial charge is 0.262 e. The molecule has 1 atom stereocenters. The minimum atomic E-state index is -0.685. The zero-order valence-electron chi connectivity index (χ0n) is 15.6. The molecule has 1 aromatic carbocycles. The third kappa shape index (κ3) is 4.75. The molecule has 3 aromatic rings. The highest BCUT2D eigenvalue weighted by Crippen LogP contribution is 2.16. The van der Waals surface area contributed by atoms with Gasteiger partial charge in [-0.05, 0) is 42.5 Å². The number of amides is 1. The number of benzene rings is 1. The SMILES string of the molecule is Nc1nc2[nH]cc(CCc3ccc(C(=O)N[C@H](C=O)CCC=O)cc3)c2c(=O)[nH]1. The van der Waals surface area contributed by atoms with Crippen LogP contribution in [0.1, 0.15) is 34.3 Å². The molecule has 0 aliphatic carbocycles. The summed E-state index contributed by atoms with van der Waals surface area (Å²) in [6.07, 6.45) is 4.84. The summed E-state index contributed by atoms with van der Waals surface area (Å²) in [5.41, 5.74) is 7.96. The number of aromatic amines is 2. The molecule has 3 rings (SSSR count). The maximum atomic E-state index is 12.2. The lowest BCUT2D eigenvalue weighted by Gasteiger charge is -2.11. The number of carbonyl (C=O) groups excluding carboxylic acids is 3. The van der Waals surface area contributed by atoms with Crippen LogP contribution in [-0.4, -0.2) is 39.5 Å². The molecule has 2 heterocycles. The largest absolute Gasteiger partial charge is 0.369 e. The number of H-pyrrole nitrogens is 2. The number of hydrogen-bond donors (Lipinski definition) is 4. The van der Waals surface area contributed by atoms with Gasteiger partial charge < -0.3 is 25.6 Å². The van der Waals surface area contributed by atoms with Gasteiger partial charge in [0.25, 0.3) is 11.5 Å². The fraction of sp³-hybridized carbons (Fsp3) is 0.250. The molecule has 0 bridgehead atoms. The second kappa shape index (κ2) is 8.96. The lowest BCUT2D eigenvalue weighted by atomic mass is 10.0. The molecule has 0 aliphatic rings. The van der Waals surface area contributed by atoms with E-state index in [1.165, 1.54) is 0 Å².